The highest BCUT2D eigenvalue weighted by Crippen LogP contribution is 2.27. The summed E-state index contributed by atoms with van der Waals surface area (Å²) in [6, 6.07) is 0.811. The van der Waals surface area contributed by atoms with Gasteiger partial charge in [-0.05, 0) is 32.4 Å². The number of nitrogens with one attached hydrogen (secondary N) is 1. The molecule has 1 saturated heterocycles. The molecule has 0 aromatic heterocycles. The van der Waals surface area contributed by atoms with Crippen LogP contribution in [0.15, 0.2) is 0 Å². The molecule has 0 atom stereocenters. The standard InChI is InChI=1S/C8H16N2/c1-10-5-8(6-10)9-4-7-2-3-7/h7-9H,2-6H2,1H3. The lowest BCUT2D eigenvalue weighted by molar-refractivity contribution is 0.161. The van der Waals surface area contributed by atoms with Gasteiger partial charge in [0.2, 0.25) is 0 Å². The molecule has 1 saturated carbocycles. The molecule has 2 aliphatic rings. The Kier molecular flexibility index (Phi) is 1.66. The first kappa shape index (κ1) is 6.62. The van der Waals surface area contributed by atoms with Crippen LogP contribution in [0, 0.1) is 5.92 Å². The van der Waals surface area contributed by atoms with Gasteiger partial charge >= 0.3 is 0 Å². The second-order valence-corrected chi connectivity index (χ2v) is 3.77. The van der Waals surface area contributed by atoms with E-state index in [9.17, 15) is 0 Å². The van der Waals surface area contributed by atoms with Crippen LogP contribution in [-0.2, 0) is 0 Å². The average Bonchev–Trinajstić information content (AvgIpc) is 2.60. The number of likely N-dealkylation sites (tertiary alicyclic amines) is 1. The number of hydrogen-bond acceptors (Lipinski definition) is 2. The summed E-state index contributed by atoms with van der Waals surface area (Å²) >= 11 is 0. The minimum atomic E-state index is 0.811. The van der Waals surface area contributed by atoms with E-state index in [1.54, 1.807) is 0 Å². The third-order valence-corrected chi connectivity index (χ3v) is 2.46. The quantitative estimate of drug-likeness (QED) is 0.606. The van der Waals surface area contributed by atoms with Crippen LogP contribution in [0.3, 0.4) is 0 Å². The zero-order valence-corrected chi connectivity index (χ0v) is 6.64. The van der Waals surface area contributed by atoms with Crippen molar-refractivity contribution in [3.63, 3.8) is 0 Å². The third kappa shape index (κ3) is 1.50. The summed E-state index contributed by atoms with van der Waals surface area (Å²) in [4.78, 5) is 2.35. The number of nitrogens with zero attached hydrogens (tertiary/aromatic N) is 1. The molecule has 0 unspecified atom stereocenters. The van der Waals surface area contributed by atoms with Gasteiger partial charge in [-0.25, -0.2) is 0 Å². The summed E-state index contributed by atoms with van der Waals surface area (Å²) in [6.45, 7) is 3.79. The largest absolute Gasteiger partial charge is 0.311 e. The fourth-order valence-corrected chi connectivity index (χ4v) is 1.48. The SMILES string of the molecule is CN1CC(NCC2CC2)C1. The molecule has 1 aliphatic carbocycles. The monoisotopic (exact) mass is 140 g/mol. The van der Waals surface area contributed by atoms with E-state index in [-0.39, 0.29) is 0 Å². The summed E-state index contributed by atoms with van der Waals surface area (Å²) in [7, 11) is 2.18. The lowest BCUT2D eigenvalue weighted by Crippen LogP contribution is -2.56. The van der Waals surface area contributed by atoms with Crippen molar-refractivity contribution in [3.8, 4) is 0 Å². The molecule has 0 amide bonds. The van der Waals surface area contributed by atoms with Crippen molar-refractivity contribution < 1.29 is 0 Å². The van der Waals surface area contributed by atoms with Crippen LogP contribution in [0.2, 0.25) is 0 Å². The Hall–Kier alpha value is -0.0800. The Morgan fingerprint density at radius 1 is 1.40 bits per heavy atom. The highest BCUT2D eigenvalue weighted by Gasteiger charge is 2.26. The maximum absolute atomic E-state index is 3.57. The van der Waals surface area contributed by atoms with Gasteiger partial charge in [0.25, 0.3) is 0 Å². The molecule has 1 N–H and O–H groups in total. The summed E-state index contributed by atoms with van der Waals surface area (Å²) in [5.41, 5.74) is 0. The molecule has 0 radical (unpaired) electrons. The second kappa shape index (κ2) is 2.51. The van der Waals surface area contributed by atoms with E-state index in [1.807, 2.05) is 0 Å². The minimum absolute atomic E-state index is 0.811. The van der Waals surface area contributed by atoms with Crippen molar-refractivity contribution in [2.24, 2.45) is 5.92 Å². The third-order valence-electron chi connectivity index (χ3n) is 2.46. The zero-order chi connectivity index (χ0) is 6.97. The van der Waals surface area contributed by atoms with Crippen LogP contribution in [0.5, 0.6) is 0 Å². The number of likely N-dealkylation sites (N-methyl/N-ethyl adjacent to an activating group) is 1. The van der Waals surface area contributed by atoms with Crippen molar-refractivity contribution in [3.05, 3.63) is 0 Å². The topological polar surface area (TPSA) is 15.3 Å². The molecule has 2 nitrogen and oxygen atoms in total. The molecule has 2 rings (SSSR count). The summed E-state index contributed by atoms with van der Waals surface area (Å²) < 4.78 is 0. The Balaban J connectivity index is 1.54. The van der Waals surface area contributed by atoms with Crippen molar-refractivity contribution in [1.82, 2.24) is 10.2 Å². The molecule has 58 valence electrons. The van der Waals surface area contributed by atoms with Crippen molar-refractivity contribution in [2.75, 3.05) is 26.7 Å². The predicted octanol–water partition coefficient (Wildman–Crippen LogP) is 0.300. The minimum Gasteiger partial charge on any atom is -0.311 e. The molecule has 2 fully saturated rings. The van der Waals surface area contributed by atoms with Crippen molar-refractivity contribution in [1.29, 1.82) is 0 Å². The Morgan fingerprint density at radius 2 is 2.10 bits per heavy atom. The molecule has 10 heavy (non-hydrogen) atoms. The molecule has 0 aromatic carbocycles. The Morgan fingerprint density at radius 3 is 2.60 bits per heavy atom. The average molecular weight is 140 g/mol. The normalized spacial score (nSPS) is 28.5. The molecule has 0 bridgehead atoms. The van der Waals surface area contributed by atoms with Gasteiger partial charge in [-0.1, -0.05) is 0 Å². The molecule has 1 aliphatic heterocycles. The van der Waals surface area contributed by atoms with Crippen molar-refractivity contribution >= 4 is 0 Å². The van der Waals surface area contributed by atoms with E-state index < -0.39 is 0 Å². The van der Waals surface area contributed by atoms with Gasteiger partial charge < -0.3 is 10.2 Å². The number of hydrogen-bond donors (Lipinski definition) is 1. The van der Waals surface area contributed by atoms with Crippen LogP contribution >= 0.6 is 0 Å². The smallest absolute Gasteiger partial charge is 0.0322 e. The Labute approximate surface area is 62.6 Å². The number of rotatable bonds is 3. The summed E-state index contributed by atoms with van der Waals surface area (Å²) in [5, 5.41) is 3.57. The molecular formula is C8H16N2. The van der Waals surface area contributed by atoms with E-state index in [0.29, 0.717) is 0 Å². The van der Waals surface area contributed by atoms with Crippen LogP contribution in [-0.4, -0.2) is 37.6 Å². The van der Waals surface area contributed by atoms with Crippen LogP contribution in [0.25, 0.3) is 0 Å². The first-order valence-electron chi connectivity index (χ1n) is 4.26. The first-order chi connectivity index (χ1) is 4.84. The molecule has 0 aromatic rings. The lowest BCUT2D eigenvalue weighted by atomic mass is 10.1. The molecule has 0 spiro atoms. The van der Waals surface area contributed by atoms with E-state index in [4.69, 9.17) is 0 Å². The van der Waals surface area contributed by atoms with Crippen LogP contribution in [0.1, 0.15) is 12.8 Å². The molecular weight excluding hydrogens is 124 g/mol. The van der Waals surface area contributed by atoms with Gasteiger partial charge in [0.15, 0.2) is 0 Å². The first-order valence-corrected chi connectivity index (χ1v) is 4.26. The van der Waals surface area contributed by atoms with Gasteiger partial charge in [-0.2, -0.15) is 0 Å². The second-order valence-electron chi connectivity index (χ2n) is 3.77. The Bertz CT molecular complexity index is 114. The molecule has 1 heterocycles. The van der Waals surface area contributed by atoms with Crippen molar-refractivity contribution in [2.45, 2.75) is 18.9 Å². The van der Waals surface area contributed by atoms with E-state index >= 15 is 0 Å². The maximum Gasteiger partial charge on any atom is 0.0322 e. The van der Waals surface area contributed by atoms with Gasteiger partial charge in [0, 0.05) is 19.1 Å². The fourth-order valence-electron chi connectivity index (χ4n) is 1.48. The van der Waals surface area contributed by atoms with Gasteiger partial charge in [0.05, 0.1) is 0 Å². The highest BCUT2D eigenvalue weighted by atomic mass is 15.2. The fraction of sp³-hybridized carbons (Fsp3) is 1.00. The van der Waals surface area contributed by atoms with Gasteiger partial charge in [-0.3, -0.25) is 0 Å². The highest BCUT2D eigenvalue weighted by molar-refractivity contribution is 4.86. The van der Waals surface area contributed by atoms with E-state index in [1.165, 1.54) is 32.5 Å². The lowest BCUT2D eigenvalue weighted by Gasteiger charge is -2.36. The predicted molar refractivity (Wildman–Crippen MR) is 42.0 cm³/mol. The van der Waals surface area contributed by atoms with E-state index in [2.05, 4.69) is 17.3 Å². The maximum atomic E-state index is 3.57. The molecule has 2 heteroatoms. The van der Waals surface area contributed by atoms with Gasteiger partial charge in [-0.15, -0.1) is 0 Å². The van der Waals surface area contributed by atoms with Crippen LogP contribution < -0.4 is 5.32 Å². The summed E-state index contributed by atoms with van der Waals surface area (Å²) in [5.74, 6) is 1.03. The summed E-state index contributed by atoms with van der Waals surface area (Å²) in [6.07, 6.45) is 2.94. The van der Waals surface area contributed by atoms with E-state index in [0.717, 1.165) is 12.0 Å². The van der Waals surface area contributed by atoms with Crippen LogP contribution in [0.4, 0.5) is 0 Å². The zero-order valence-electron chi connectivity index (χ0n) is 6.64. The van der Waals surface area contributed by atoms with Gasteiger partial charge in [0.1, 0.15) is 0 Å².